The highest BCUT2D eigenvalue weighted by molar-refractivity contribution is 9.12. The minimum Gasteiger partial charge on any atom is -0.507 e. The number of hydrogen-bond donors (Lipinski definition) is 1. The summed E-state index contributed by atoms with van der Waals surface area (Å²) in [5.41, 5.74) is 0.894. The largest absolute Gasteiger partial charge is 0.507 e. The quantitative estimate of drug-likeness (QED) is 0.852. The minimum atomic E-state index is -0.240. The van der Waals surface area contributed by atoms with Gasteiger partial charge >= 0.3 is 0 Å². The molecule has 0 aliphatic heterocycles. The number of hydrogen-bond acceptors (Lipinski definition) is 3. The van der Waals surface area contributed by atoms with Crippen LogP contribution in [-0.4, -0.2) is 16.7 Å². The lowest BCUT2D eigenvalue weighted by atomic mass is 9.86. The summed E-state index contributed by atoms with van der Waals surface area (Å²) < 4.78 is 0.340. The molecule has 0 unspecified atom stereocenters. The van der Waals surface area contributed by atoms with E-state index in [-0.39, 0.29) is 28.4 Å². The molecule has 1 aromatic carbocycles. The summed E-state index contributed by atoms with van der Waals surface area (Å²) in [4.78, 5) is 24.6. The first kappa shape index (κ1) is 14.0. The fourth-order valence-corrected chi connectivity index (χ4v) is 2.84. The second-order valence-corrected chi connectivity index (χ2v) is 5.40. The Morgan fingerprint density at radius 1 is 1.16 bits per heavy atom. The van der Waals surface area contributed by atoms with E-state index in [9.17, 15) is 14.7 Å². The molecule has 0 heterocycles. The van der Waals surface area contributed by atoms with Crippen LogP contribution in [0.15, 0.2) is 28.3 Å². The van der Waals surface area contributed by atoms with E-state index >= 15 is 0 Å². The highest BCUT2D eigenvalue weighted by atomic mass is 79.9. The molecule has 100 valence electrons. The van der Waals surface area contributed by atoms with E-state index in [0.29, 0.717) is 16.5 Å². The van der Waals surface area contributed by atoms with E-state index in [1.165, 1.54) is 6.07 Å². The van der Waals surface area contributed by atoms with Gasteiger partial charge in [-0.3, -0.25) is 9.59 Å². The average Bonchev–Trinajstić information content (AvgIpc) is 2.40. The van der Waals surface area contributed by atoms with Crippen LogP contribution in [-0.2, 0) is 0 Å². The third kappa shape index (κ3) is 2.50. The van der Waals surface area contributed by atoms with Crippen molar-refractivity contribution in [2.24, 2.45) is 0 Å². The average molecular weight is 323 g/mol. The predicted molar refractivity (Wildman–Crippen MR) is 76.9 cm³/mol. The highest BCUT2D eigenvalue weighted by Crippen LogP contribution is 2.36. The van der Waals surface area contributed by atoms with Crippen molar-refractivity contribution in [1.29, 1.82) is 0 Å². The molecule has 19 heavy (non-hydrogen) atoms. The molecule has 1 N–H and O–H groups in total. The second kappa shape index (κ2) is 5.70. The number of fused-ring (bicyclic) bond motifs is 1. The van der Waals surface area contributed by atoms with Crippen LogP contribution < -0.4 is 0 Å². The van der Waals surface area contributed by atoms with Gasteiger partial charge in [0.05, 0.1) is 10.0 Å². The topological polar surface area (TPSA) is 54.4 Å². The Balaban J connectivity index is 2.42. The van der Waals surface area contributed by atoms with Crippen LogP contribution in [0, 0.1) is 0 Å². The van der Waals surface area contributed by atoms with Crippen molar-refractivity contribution in [1.82, 2.24) is 0 Å². The lowest BCUT2D eigenvalue weighted by Gasteiger charge is -2.18. The zero-order valence-electron chi connectivity index (χ0n) is 10.7. The second-order valence-electron chi connectivity index (χ2n) is 4.61. The van der Waals surface area contributed by atoms with Crippen molar-refractivity contribution in [3.8, 4) is 5.75 Å². The molecular formula is C15H15BrO3. The minimum absolute atomic E-state index is 0.121. The van der Waals surface area contributed by atoms with Crippen LogP contribution in [0.1, 0.15) is 53.3 Å². The van der Waals surface area contributed by atoms with E-state index in [0.717, 1.165) is 19.3 Å². The van der Waals surface area contributed by atoms with E-state index in [4.69, 9.17) is 0 Å². The summed E-state index contributed by atoms with van der Waals surface area (Å²) in [5.74, 6) is -0.587. The van der Waals surface area contributed by atoms with Gasteiger partial charge in [-0.25, -0.2) is 0 Å². The van der Waals surface area contributed by atoms with E-state index in [2.05, 4.69) is 22.9 Å². The Hall–Kier alpha value is -1.42. The Morgan fingerprint density at radius 3 is 2.58 bits per heavy atom. The van der Waals surface area contributed by atoms with Crippen LogP contribution in [0.4, 0.5) is 0 Å². The van der Waals surface area contributed by atoms with Crippen molar-refractivity contribution >= 4 is 27.5 Å². The van der Waals surface area contributed by atoms with Crippen LogP contribution in [0.3, 0.4) is 0 Å². The number of allylic oxidation sites excluding steroid dienone is 2. The Bertz CT molecular complexity index is 573. The van der Waals surface area contributed by atoms with Gasteiger partial charge in [-0.1, -0.05) is 25.8 Å². The van der Waals surface area contributed by atoms with Crippen LogP contribution >= 0.6 is 15.9 Å². The molecule has 0 bridgehead atoms. The number of carbonyl (C=O) groups excluding carboxylic acids is 2. The maximum atomic E-state index is 12.4. The molecule has 0 atom stereocenters. The highest BCUT2D eigenvalue weighted by Gasteiger charge is 2.32. The van der Waals surface area contributed by atoms with Crippen molar-refractivity contribution < 1.29 is 14.7 Å². The molecule has 1 aliphatic carbocycles. The molecule has 0 spiro atoms. The lowest BCUT2D eigenvalue weighted by molar-refractivity contribution is 0.0976. The molecule has 0 saturated heterocycles. The monoisotopic (exact) mass is 322 g/mol. The van der Waals surface area contributed by atoms with Gasteiger partial charge in [0.25, 0.3) is 0 Å². The third-order valence-corrected chi connectivity index (χ3v) is 4.12. The first-order valence-corrected chi connectivity index (χ1v) is 7.17. The molecule has 0 saturated carbocycles. The van der Waals surface area contributed by atoms with E-state index in [1.54, 1.807) is 12.1 Å². The Morgan fingerprint density at radius 2 is 1.89 bits per heavy atom. The molecule has 0 amide bonds. The number of rotatable bonds is 4. The predicted octanol–water partition coefficient (Wildman–Crippen LogP) is 4.00. The smallest absolute Gasteiger partial charge is 0.201 e. The van der Waals surface area contributed by atoms with Gasteiger partial charge in [0.1, 0.15) is 5.75 Å². The van der Waals surface area contributed by atoms with Crippen molar-refractivity contribution in [3.63, 3.8) is 0 Å². The molecule has 0 radical (unpaired) electrons. The summed E-state index contributed by atoms with van der Waals surface area (Å²) in [6, 6.07) is 4.58. The van der Waals surface area contributed by atoms with E-state index < -0.39 is 0 Å². The molecule has 3 nitrogen and oxygen atoms in total. The summed E-state index contributed by atoms with van der Waals surface area (Å²) >= 11 is 3.23. The number of ketones is 2. The number of phenolic OH excluding ortho intramolecular Hbond substituents is 1. The fourth-order valence-electron chi connectivity index (χ4n) is 2.25. The Labute approximate surface area is 120 Å². The lowest BCUT2D eigenvalue weighted by Crippen LogP contribution is -2.20. The van der Waals surface area contributed by atoms with Crippen LogP contribution in [0.5, 0.6) is 5.75 Å². The molecule has 0 fully saturated rings. The third-order valence-electron chi connectivity index (χ3n) is 3.28. The number of Topliss-reactive ketones (excluding diaryl/α,β-unsaturated/α-hetero) is 2. The molecule has 1 aromatic rings. The van der Waals surface area contributed by atoms with Crippen molar-refractivity contribution in [2.75, 3.05) is 0 Å². The van der Waals surface area contributed by atoms with Crippen LogP contribution in [0.2, 0.25) is 0 Å². The molecule has 4 heteroatoms. The SMILES string of the molecule is CCCCCC1=C(Br)C(=O)c2cccc(O)c2C1=O. The molecule has 0 aromatic heterocycles. The summed E-state index contributed by atoms with van der Waals surface area (Å²) in [5, 5.41) is 9.81. The van der Waals surface area contributed by atoms with Gasteiger partial charge in [-0.15, -0.1) is 0 Å². The van der Waals surface area contributed by atoms with Gasteiger partial charge in [0.2, 0.25) is 5.78 Å². The number of unbranched alkanes of at least 4 members (excludes halogenated alkanes) is 2. The van der Waals surface area contributed by atoms with E-state index in [1.807, 2.05) is 0 Å². The molecular weight excluding hydrogens is 308 g/mol. The zero-order valence-corrected chi connectivity index (χ0v) is 12.3. The maximum absolute atomic E-state index is 12.4. The van der Waals surface area contributed by atoms with Gasteiger partial charge < -0.3 is 5.11 Å². The van der Waals surface area contributed by atoms with Gasteiger partial charge in [0, 0.05) is 11.1 Å². The van der Waals surface area contributed by atoms with Gasteiger partial charge in [0.15, 0.2) is 5.78 Å². The zero-order chi connectivity index (χ0) is 14.0. The van der Waals surface area contributed by atoms with Crippen molar-refractivity contribution in [3.05, 3.63) is 39.4 Å². The summed E-state index contributed by atoms with van der Waals surface area (Å²) in [6.45, 7) is 2.08. The van der Waals surface area contributed by atoms with Crippen LogP contribution in [0.25, 0.3) is 0 Å². The molecule has 2 rings (SSSR count). The summed E-state index contributed by atoms with van der Waals surface area (Å²) in [7, 11) is 0. The Kier molecular flexibility index (Phi) is 4.20. The first-order chi connectivity index (χ1) is 9.07. The number of aromatic hydroxyl groups is 1. The molecule has 1 aliphatic rings. The van der Waals surface area contributed by atoms with Gasteiger partial charge in [-0.05, 0) is 40.9 Å². The van der Waals surface area contributed by atoms with Crippen molar-refractivity contribution in [2.45, 2.75) is 32.6 Å². The summed E-state index contributed by atoms with van der Waals surface area (Å²) in [6.07, 6.45) is 3.49. The first-order valence-electron chi connectivity index (χ1n) is 6.38. The maximum Gasteiger partial charge on any atom is 0.201 e. The standard InChI is InChI=1S/C15H15BrO3/c1-2-3-4-6-10-13(16)15(19)9-7-5-8-11(17)12(9)14(10)18/h5,7-8,17H,2-4,6H2,1H3. The van der Waals surface area contributed by atoms with Gasteiger partial charge in [-0.2, -0.15) is 0 Å². The fraction of sp³-hybridized carbons (Fsp3) is 0.333. The normalized spacial score (nSPS) is 14.8. The number of carbonyl (C=O) groups is 2. The number of halogens is 1. The number of benzene rings is 1. The number of phenols is 1.